The lowest BCUT2D eigenvalue weighted by Crippen LogP contribution is -2.34. The molecule has 0 saturated heterocycles. The van der Waals surface area contributed by atoms with Crippen LogP contribution in [-0.2, 0) is 11.8 Å². The lowest BCUT2D eigenvalue weighted by Gasteiger charge is -2.22. The fraction of sp³-hybridized carbons (Fsp3) is 0.308. The van der Waals surface area contributed by atoms with Gasteiger partial charge in [0.15, 0.2) is 17.7 Å². The summed E-state index contributed by atoms with van der Waals surface area (Å²) in [7, 11) is 1.48. The van der Waals surface area contributed by atoms with E-state index in [1.807, 2.05) is 0 Å². The summed E-state index contributed by atoms with van der Waals surface area (Å²) in [5.74, 6) is 0.316. The molecule has 0 bridgehead atoms. The van der Waals surface area contributed by atoms with Crippen molar-refractivity contribution in [3.8, 4) is 23.0 Å². The molecule has 0 radical (unpaired) electrons. The zero-order valence-electron chi connectivity index (χ0n) is 11.7. The summed E-state index contributed by atoms with van der Waals surface area (Å²) in [5.41, 5.74) is 0.741. The second kappa shape index (κ2) is 5.24. The van der Waals surface area contributed by atoms with Crippen LogP contribution in [0.15, 0.2) is 18.2 Å². The quantitative estimate of drug-likeness (QED) is 0.935. The Kier molecular flexibility index (Phi) is 3.39. The fourth-order valence-corrected chi connectivity index (χ4v) is 2.01. The molecule has 3 heterocycles. The summed E-state index contributed by atoms with van der Waals surface area (Å²) >= 11 is 0. The number of nitrogens with one attached hydrogen (secondary N) is 1. The van der Waals surface area contributed by atoms with Crippen molar-refractivity contribution in [2.45, 2.75) is 19.6 Å². The first-order valence-corrected chi connectivity index (χ1v) is 6.42. The maximum Gasteiger partial charge on any atom is 0.388 e. The van der Waals surface area contributed by atoms with Gasteiger partial charge in [0.2, 0.25) is 5.88 Å². The Labute approximate surface area is 123 Å². The smallest absolute Gasteiger partial charge is 0.388 e. The van der Waals surface area contributed by atoms with Gasteiger partial charge in [-0.05, 0) is 19.1 Å². The molecular formula is C13H12F2N4O3. The molecule has 0 aromatic carbocycles. The second-order valence-corrected chi connectivity index (χ2v) is 4.66. The molecule has 1 aliphatic heterocycles. The van der Waals surface area contributed by atoms with E-state index in [1.54, 1.807) is 19.1 Å². The van der Waals surface area contributed by atoms with Gasteiger partial charge < -0.3 is 14.8 Å². The van der Waals surface area contributed by atoms with Gasteiger partial charge in [-0.2, -0.15) is 13.9 Å². The van der Waals surface area contributed by atoms with Crippen LogP contribution in [0.4, 0.5) is 14.6 Å². The van der Waals surface area contributed by atoms with Crippen molar-refractivity contribution in [1.82, 2.24) is 14.8 Å². The molecule has 0 spiro atoms. The maximum atomic E-state index is 12.3. The third-order valence-corrected chi connectivity index (χ3v) is 3.08. The minimum Gasteiger partial charge on any atom is -0.477 e. The van der Waals surface area contributed by atoms with Gasteiger partial charge in [-0.25, -0.2) is 9.67 Å². The third kappa shape index (κ3) is 2.57. The van der Waals surface area contributed by atoms with E-state index >= 15 is 0 Å². The summed E-state index contributed by atoms with van der Waals surface area (Å²) in [5, 5.41) is 6.67. The number of ether oxygens (including phenoxy) is 2. The first-order chi connectivity index (χ1) is 10.4. The van der Waals surface area contributed by atoms with Crippen molar-refractivity contribution in [2.24, 2.45) is 7.05 Å². The number of carbonyl (C=O) groups excluding carboxylic acids is 1. The van der Waals surface area contributed by atoms with Gasteiger partial charge in [0.1, 0.15) is 5.69 Å². The molecule has 116 valence electrons. The number of anilines is 1. The van der Waals surface area contributed by atoms with Crippen molar-refractivity contribution in [1.29, 1.82) is 0 Å². The average molecular weight is 310 g/mol. The Morgan fingerprint density at radius 3 is 2.91 bits per heavy atom. The summed E-state index contributed by atoms with van der Waals surface area (Å²) in [6.45, 7) is -1.31. The van der Waals surface area contributed by atoms with Gasteiger partial charge in [0, 0.05) is 13.1 Å². The van der Waals surface area contributed by atoms with Crippen LogP contribution in [0.1, 0.15) is 6.92 Å². The molecule has 9 heteroatoms. The zero-order chi connectivity index (χ0) is 15.9. The minimum atomic E-state index is -2.94. The van der Waals surface area contributed by atoms with Crippen molar-refractivity contribution >= 4 is 11.7 Å². The van der Waals surface area contributed by atoms with Gasteiger partial charge >= 0.3 is 6.61 Å². The highest BCUT2D eigenvalue weighted by atomic mass is 19.3. The van der Waals surface area contributed by atoms with Crippen LogP contribution in [0.5, 0.6) is 11.6 Å². The van der Waals surface area contributed by atoms with Crippen LogP contribution < -0.4 is 14.8 Å². The fourth-order valence-electron chi connectivity index (χ4n) is 2.01. The molecule has 2 aromatic rings. The van der Waals surface area contributed by atoms with Gasteiger partial charge in [0.05, 0.1) is 5.69 Å². The predicted octanol–water partition coefficient (Wildman–Crippen LogP) is 1.80. The third-order valence-electron chi connectivity index (χ3n) is 3.08. The highest BCUT2D eigenvalue weighted by Crippen LogP contribution is 2.31. The van der Waals surface area contributed by atoms with Crippen LogP contribution in [0.2, 0.25) is 0 Å². The molecule has 22 heavy (non-hydrogen) atoms. The van der Waals surface area contributed by atoms with E-state index in [4.69, 9.17) is 4.74 Å². The summed E-state index contributed by atoms with van der Waals surface area (Å²) in [6.07, 6.45) is -0.596. The summed E-state index contributed by atoms with van der Waals surface area (Å²) < 4.78 is 35.5. The first kappa shape index (κ1) is 14.2. The van der Waals surface area contributed by atoms with E-state index in [1.165, 1.54) is 17.8 Å². The van der Waals surface area contributed by atoms with Crippen molar-refractivity contribution < 1.29 is 23.0 Å². The second-order valence-electron chi connectivity index (χ2n) is 4.66. The zero-order valence-corrected chi connectivity index (χ0v) is 11.7. The number of hydrogen-bond acceptors (Lipinski definition) is 5. The number of fused-ring (bicyclic) bond motifs is 1. The lowest BCUT2D eigenvalue weighted by molar-refractivity contribution is -0.122. The van der Waals surface area contributed by atoms with Crippen molar-refractivity contribution in [3.63, 3.8) is 0 Å². The number of aryl methyl sites for hydroxylation is 1. The molecule has 2 aromatic heterocycles. The lowest BCUT2D eigenvalue weighted by atomic mass is 10.2. The molecule has 7 nitrogen and oxygen atoms in total. The SMILES string of the molecule is CC1Oc2ccc(-c3cc(OC(F)F)n(C)n3)nc2NC1=O. The highest BCUT2D eigenvalue weighted by Gasteiger charge is 2.25. The predicted molar refractivity (Wildman–Crippen MR) is 71.8 cm³/mol. The van der Waals surface area contributed by atoms with Crippen molar-refractivity contribution in [2.75, 3.05) is 5.32 Å². The minimum absolute atomic E-state index is 0.0848. The van der Waals surface area contributed by atoms with Crippen molar-refractivity contribution in [3.05, 3.63) is 18.2 Å². The van der Waals surface area contributed by atoms with E-state index in [2.05, 4.69) is 20.1 Å². The largest absolute Gasteiger partial charge is 0.477 e. The Balaban J connectivity index is 1.93. The molecule has 3 rings (SSSR count). The van der Waals surface area contributed by atoms with Crippen LogP contribution in [0.3, 0.4) is 0 Å². The highest BCUT2D eigenvalue weighted by molar-refractivity contribution is 5.96. The number of rotatable bonds is 3. The van der Waals surface area contributed by atoms with Gasteiger partial charge in [-0.1, -0.05) is 0 Å². The molecule has 0 fully saturated rings. The Morgan fingerprint density at radius 2 is 2.18 bits per heavy atom. The number of nitrogens with zero attached hydrogens (tertiary/aromatic N) is 3. The molecule has 1 aliphatic rings. The van der Waals surface area contributed by atoms with Crippen LogP contribution in [-0.4, -0.2) is 33.4 Å². The number of carbonyl (C=O) groups is 1. The molecular weight excluding hydrogens is 298 g/mol. The number of halogens is 2. The monoisotopic (exact) mass is 310 g/mol. The Hall–Kier alpha value is -2.71. The van der Waals surface area contributed by atoms with Crippen LogP contribution >= 0.6 is 0 Å². The van der Waals surface area contributed by atoms with E-state index < -0.39 is 12.7 Å². The topological polar surface area (TPSA) is 78.3 Å². The van der Waals surface area contributed by atoms with Gasteiger partial charge in [-0.15, -0.1) is 0 Å². The number of hydrogen-bond donors (Lipinski definition) is 1. The molecule has 1 unspecified atom stereocenters. The van der Waals surface area contributed by atoms with E-state index in [9.17, 15) is 13.6 Å². The molecule has 1 N–H and O–H groups in total. The normalized spacial score (nSPS) is 17.0. The van der Waals surface area contributed by atoms with Gasteiger partial charge in [0.25, 0.3) is 5.91 Å². The first-order valence-electron chi connectivity index (χ1n) is 6.42. The number of alkyl halides is 2. The summed E-state index contributed by atoms with van der Waals surface area (Å²) in [4.78, 5) is 15.8. The van der Waals surface area contributed by atoms with E-state index in [-0.39, 0.29) is 17.6 Å². The van der Waals surface area contributed by atoms with E-state index in [0.29, 0.717) is 17.1 Å². The number of amides is 1. The summed E-state index contributed by atoms with van der Waals surface area (Å²) in [6, 6.07) is 4.60. The molecule has 0 aliphatic carbocycles. The standard InChI is InChI=1S/C13H12F2N4O3/c1-6-12(20)17-11-9(21-6)4-3-7(16-11)8-5-10(19(2)18-8)22-13(14)15/h3-6,13H,1-2H3,(H,16,17,20). The van der Waals surface area contributed by atoms with Crippen LogP contribution in [0.25, 0.3) is 11.4 Å². The molecule has 0 saturated carbocycles. The maximum absolute atomic E-state index is 12.3. The Morgan fingerprint density at radius 1 is 1.41 bits per heavy atom. The number of aromatic nitrogens is 3. The van der Waals surface area contributed by atoms with Crippen LogP contribution in [0, 0.1) is 0 Å². The average Bonchev–Trinajstić information content (AvgIpc) is 2.80. The van der Waals surface area contributed by atoms with Gasteiger partial charge in [-0.3, -0.25) is 4.79 Å². The van der Waals surface area contributed by atoms with E-state index in [0.717, 1.165) is 0 Å². The Bertz CT molecular complexity index is 732. The number of pyridine rings is 1. The molecule has 1 amide bonds. The molecule has 1 atom stereocenters.